The van der Waals surface area contributed by atoms with Gasteiger partial charge in [0.25, 0.3) is 0 Å². The summed E-state index contributed by atoms with van der Waals surface area (Å²) in [7, 11) is 1.58. The molecule has 2 unspecified atom stereocenters. The van der Waals surface area contributed by atoms with Crippen LogP contribution >= 0.6 is 12.4 Å². The zero-order chi connectivity index (χ0) is 17.0. The third-order valence-corrected chi connectivity index (χ3v) is 3.91. The second-order valence-corrected chi connectivity index (χ2v) is 5.66. The first-order valence-electron chi connectivity index (χ1n) is 7.39. The first-order chi connectivity index (χ1) is 10.9. The Labute approximate surface area is 146 Å². The van der Waals surface area contributed by atoms with Gasteiger partial charge in [-0.3, -0.25) is 4.79 Å². The summed E-state index contributed by atoms with van der Waals surface area (Å²) in [6.45, 7) is 1.81. The molecule has 0 heterocycles. The van der Waals surface area contributed by atoms with Crippen molar-refractivity contribution in [1.29, 1.82) is 0 Å². The highest BCUT2D eigenvalue weighted by Gasteiger charge is 2.25. The Morgan fingerprint density at radius 1 is 1.17 bits per heavy atom. The molecule has 1 amide bonds. The van der Waals surface area contributed by atoms with Crippen LogP contribution in [0.15, 0.2) is 48.5 Å². The van der Waals surface area contributed by atoms with Crippen molar-refractivity contribution in [2.45, 2.75) is 19.5 Å². The van der Waals surface area contributed by atoms with Crippen molar-refractivity contribution in [3.63, 3.8) is 0 Å². The topological polar surface area (TPSA) is 46.3 Å². The van der Waals surface area contributed by atoms with E-state index < -0.39 is 23.6 Å². The van der Waals surface area contributed by atoms with Gasteiger partial charge in [0.05, 0.1) is 5.92 Å². The molecule has 0 radical (unpaired) electrons. The van der Waals surface area contributed by atoms with Crippen LogP contribution in [0.2, 0.25) is 0 Å². The Morgan fingerprint density at radius 2 is 1.79 bits per heavy atom. The number of nitrogens with two attached hydrogens (primary N) is 1. The van der Waals surface area contributed by atoms with E-state index in [0.717, 1.165) is 11.6 Å². The van der Waals surface area contributed by atoms with Gasteiger partial charge in [-0.25, -0.2) is 8.78 Å². The summed E-state index contributed by atoms with van der Waals surface area (Å²) in [5, 5.41) is 0. The molecule has 0 aliphatic carbocycles. The van der Waals surface area contributed by atoms with Crippen LogP contribution in [0.1, 0.15) is 24.1 Å². The number of benzene rings is 2. The maximum Gasteiger partial charge on any atom is 0.227 e. The zero-order valence-electron chi connectivity index (χ0n) is 13.6. The Bertz CT molecular complexity index is 682. The highest BCUT2D eigenvalue weighted by atomic mass is 35.5. The van der Waals surface area contributed by atoms with Crippen molar-refractivity contribution in [3.8, 4) is 0 Å². The van der Waals surface area contributed by atoms with E-state index in [4.69, 9.17) is 5.73 Å². The van der Waals surface area contributed by atoms with Gasteiger partial charge in [-0.2, -0.15) is 0 Å². The molecule has 0 saturated carbocycles. The maximum absolute atomic E-state index is 13.7. The minimum Gasteiger partial charge on any atom is -0.341 e. The molecule has 0 aliphatic rings. The van der Waals surface area contributed by atoms with Gasteiger partial charge in [0, 0.05) is 31.3 Å². The quantitative estimate of drug-likeness (QED) is 0.890. The molecule has 2 aromatic carbocycles. The Kier molecular flexibility index (Phi) is 7.32. The van der Waals surface area contributed by atoms with Crippen LogP contribution in [0.3, 0.4) is 0 Å². The lowest BCUT2D eigenvalue weighted by atomic mass is 9.94. The minimum atomic E-state index is -0.662. The summed E-state index contributed by atoms with van der Waals surface area (Å²) in [6.07, 6.45) is 0. The third kappa shape index (κ3) is 4.76. The van der Waals surface area contributed by atoms with Crippen molar-refractivity contribution in [3.05, 3.63) is 71.3 Å². The Hall–Kier alpha value is -1.98. The van der Waals surface area contributed by atoms with E-state index in [-0.39, 0.29) is 30.4 Å². The number of carbonyl (C=O) groups is 1. The normalized spacial score (nSPS) is 12.9. The lowest BCUT2D eigenvalue weighted by molar-refractivity contribution is -0.134. The number of rotatable bonds is 5. The second-order valence-electron chi connectivity index (χ2n) is 5.66. The SMILES string of the molecule is CC(C(=O)N(C)Cc1ccc(F)cc1F)C(N)c1ccccc1.Cl. The highest BCUT2D eigenvalue weighted by molar-refractivity contribution is 5.85. The van der Waals surface area contributed by atoms with Gasteiger partial charge >= 0.3 is 0 Å². The molecule has 0 spiro atoms. The standard InChI is InChI=1S/C18H20F2N2O.ClH/c1-12(17(21)13-6-4-3-5-7-13)18(23)22(2)11-14-8-9-15(19)10-16(14)20;/h3-10,12,17H,11,21H2,1-2H3;1H. The zero-order valence-corrected chi connectivity index (χ0v) is 14.4. The minimum absolute atomic E-state index is 0. The van der Waals surface area contributed by atoms with Crippen molar-refractivity contribution < 1.29 is 13.6 Å². The molecule has 0 bridgehead atoms. The fourth-order valence-electron chi connectivity index (χ4n) is 2.45. The number of carbonyl (C=O) groups excluding carboxylic acids is 1. The molecule has 3 nitrogen and oxygen atoms in total. The van der Waals surface area contributed by atoms with E-state index in [1.165, 1.54) is 17.0 Å². The fourth-order valence-corrected chi connectivity index (χ4v) is 2.45. The monoisotopic (exact) mass is 354 g/mol. The first-order valence-corrected chi connectivity index (χ1v) is 7.39. The predicted molar refractivity (Wildman–Crippen MR) is 92.6 cm³/mol. The van der Waals surface area contributed by atoms with Gasteiger partial charge in [0.2, 0.25) is 5.91 Å². The van der Waals surface area contributed by atoms with Gasteiger partial charge in [-0.05, 0) is 11.6 Å². The molecule has 0 aliphatic heterocycles. The molecule has 24 heavy (non-hydrogen) atoms. The predicted octanol–water partition coefficient (Wildman–Crippen LogP) is 3.68. The van der Waals surface area contributed by atoms with Crippen molar-refractivity contribution in [2.75, 3.05) is 7.05 Å². The van der Waals surface area contributed by atoms with Crippen LogP contribution < -0.4 is 5.73 Å². The summed E-state index contributed by atoms with van der Waals surface area (Å²) < 4.78 is 26.6. The molecule has 6 heteroatoms. The molecule has 2 N–H and O–H groups in total. The van der Waals surface area contributed by atoms with Crippen LogP contribution in [0.25, 0.3) is 0 Å². The van der Waals surface area contributed by atoms with Crippen LogP contribution in [-0.4, -0.2) is 17.9 Å². The molecule has 2 rings (SSSR count). The lowest BCUT2D eigenvalue weighted by Gasteiger charge is -2.25. The largest absolute Gasteiger partial charge is 0.341 e. The summed E-state index contributed by atoms with van der Waals surface area (Å²) in [5.41, 5.74) is 7.29. The van der Waals surface area contributed by atoms with E-state index in [2.05, 4.69) is 0 Å². The molecule has 2 aromatic rings. The fraction of sp³-hybridized carbons (Fsp3) is 0.278. The maximum atomic E-state index is 13.7. The smallest absolute Gasteiger partial charge is 0.227 e. The summed E-state index contributed by atoms with van der Waals surface area (Å²) >= 11 is 0. The van der Waals surface area contributed by atoms with Crippen LogP contribution in [0, 0.1) is 17.6 Å². The lowest BCUT2D eigenvalue weighted by Crippen LogP contribution is -2.36. The number of halogens is 3. The highest BCUT2D eigenvalue weighted by Crippen LogP contribution is 2.21. The first kappa shape index (κ1) is 20.1. The Morgan fingerprint density at radius 3 is 2.38 bits per heavy atom. The molecular weight excluding hydrogens is 334 g/mol. The van der Waals surface area contributed by atoms with Gasteiger partial charge in [0.15, 0.2) is 0 Å². The van der Waals surface area contributed by atoms with Crippen molar-refractivity contribution in [2.24, 2.45) is 11.7 Å². The van der Waals surface area contributed by atoms with Crippen molar-refractivity contribution in [1.82, 2.24) is 4.90 Å². The van der Waals surface area contributed by atoms with E-state index in [1.54, 1.807) is 14.0 Å². The molecule has 2 atom stereocenters. The van der Waals surface area contributed by atoms with E-state index in [9.17, 15) is 13.6 Å². The summed E-state index contributed by atoms with van der Waals surface area (Å²) in [5.74, 6) is -1.94. The average Bonchev–Trinajstić information content (AvgIpc) is 2.56. The van der Waals surface area contributed by atoms with Crippen LogP contribution in [0.4, 0.5) is 8.78 Å². The van der Waals surface area contributed by atoms with Crippen LogP contribution in [-0.2, 0) is 11.3 Å². The van der Waals surface area contributed by atoms with E-state index in [0.29, 0.717) is 0 Å². The summed E-state index contributed by atoms with van der Waals surface area (Å²) in [6, 6.07) is 12.2. The Balaban J connectivity index is 0.00000288. The number of hydrogen-bond donors (Lipinski definition) is 1. The second kappa shape index (κ2) is 8.76. The average molecular weight is 355 g/mol. The van der Waals surface area contributed by atoms with Crippen LogP contribution in [0.5, 0.6) is 0 Å². The molecule has 0 saturated heterocycles. The number of hydrogen-bond acceptors (Lipinski definition) is 2. The molecule has 0 aromatic heterocycles. The van der Waals surface area contributed by atoms with Gasteiger partial charge < -0.3 is 10.6 Å². The number of nitrogens with zero attached hydrogens (tertiary/aromatic N) is 1. The van der Waals surface area contributed by atoms with Gasteiger partial charge in [0.1, 0.15) is 11.6 Å². The third-order valence-electron chi connectivity index (χ3n) is 3.91. The summed E-state index contributed by atoms with van der Waals surface area (Å²) in [4.78, 5) is 13.9. The molecule has 130 valence electrons. The van der Waals surface area contributed by atoms with Gasteiger partial charge in [-0.15, -0.1) is 12.4 Å². The van der Waals surface area contributed by atoms with E-state index >= 15 is 0 Å². The number of amides is 1. The molecular formula is C18H21ClF2N2O. The van der Waals surface area contributed by atoms with Crippen molar-refractivity contribution >= 4 is 18.3 Å². The van der Waals surface area contributed by atoms with E-state index in [1.807, 2.05) is 30.3 Å². The van der Waals surface area contributed by atoms with Gasteiger partial charge in [-0.1, -0.05) is 43.3 Å². The molecule has 0 fully saturated rings.